The molecule has 1 aliphatic carbocycles. The zero-order valence-electron chi connectivity index (χ0n) is 16.7. The summed E-state index contributed by atoms with van der Waals surface area (Å²) in [5, 5.41) is 16.2. The van der Waals surface area contributed by atoms with Crippen LogP contribution in [0.4, 0.5) is 21.6 Å². The fourth-order valence-electron chi connectivity index (χ4n) is 2.76. The quantitative estimate of drug-likeness (QED) is 0.459. The highest BCUT2D eigenvalue weighted by atomic mass is 32.1. The van der Waals surface area contributed by atoms with Crippen LogP contribution in [0.1, 0.15) is 37.0 Å². The number of alkyl halides is 1. The van der Waals surface area contributed by atoms with Crippen molar-refractivity contribution in [3.05, 3.63) is 41.5 Å². The zero-order valence-corrected chi connectivity index (χ0v) is 17.5. The minimum atomic E-state index is -1.68. The molecular weight excluding hydrogens is 407 g/mol. The second-order valence-corrected chi connectivity index (χ2v) is 8.80. The van der Waals surface area contributed by atoms with Gasteiger partial charge in [0, 0.05) is 24.0 Å². The van der Waals surface area contributed by atoms with Gasteiger partial charge in [-0.2, -0.15) is 0 Å². The Bertz CT molecular complexity index is 1060. The molecule has 1 saturated carbocycles. The van der Waals surface area contributed by atoms with E-state index in [1.54, 1.807) is 22.9 Å². The van der Waals surface area contributed by atoms with E-state index < -0.39 is 24.3 Å². The molecule has 30 heavy (non-hydrogen) atoms. The van der Waals surface area contributed by atoms with E-state index in [-0.39, 0.29) is 5.56 Å². The van der Waals surface area contributed by atoms with Gasteiger partial charge in [0.05, 0.1) is 27.0 Å². The number of aliphatic hydroxyl groups is 1. The first kappa shape index (κ1) is 20.5. The summed E-state index contributed by atoms with van der Waals surface area (Å²) in [7, 11) is 0. The third kappa shape index (κ3) is 4.85. The maximum absolute atomic E-state index is 13.9. The maximum atomic E-state index is 13.9. The van der Waals surface area contributed by atoms with Crippen LogP contribution in [0.15, 0.2) is 36.0 Å². The van der Waals surface area contributed by atoms with Crippen LogP contribution in [-0.4, -0.2) is 45.5 Å². The van der Waals surface area contributed by atoms with E-state index in [0.717, 1.165) is 28.7 Å². The molecular formula is C21H23FN4O3S. The molecule has 0 amide bonds. The van der Waals surface area contributed by atoms with Crippen molar-refractivity contribution < 1.29 is 19.0 Å². The number of pyridine rings is 1. The van der Waals surface area contributed by atoms with Crippen molar-refractivity contribution >= 4 is 44.7 Å². The number of nitrogens with one attached hydrogen (secondary N) is 2. The largest absolute Gasteiger partial charge is 0.459 e. The lowest BCUT2D eigenvalue weighted by molar-refractivity contribution is -0.0359. The molecule has 1 aliphatic rings. The van der Waals surface area contributed by atoms with Gasteiger partial charge >= 0.3 is 5.97 Å². The van der Waals surface area contributed by atoms with E-state index in [2.05, 4.69) is 20.6 Å². The van der Waals surface area contributed by atoms with Gasteiger partial charge in [-0.3, -0.25) is 0 Å². The van der Waals surface area contributed by atoms with Crippen LogP contribution in [0.3, 0.4) is 0 Å². The van der Waals surface area contributed by atoms with Crippen molar-refractivity contribution in [2.75, 3.05) is 17.2 Å². The number of hydrogen-bond donors (Lipinski definition) is 3. The summed E-state index contributed by atoms with van der Waals surface area (Å²) < 4.78 is 20.1. The molecule has 2 heterocycles. The second kappa shape index (κ2) is 8.16. The molecule has 0 aliphatic heterocycles. The summed E-state index contributed by atoms with van der Waals surface area (Å²) in [6.45, 7) is 2.13. The van der Waals surface area contributed by atoms with Gasteiger partial charge in [0.1, 0.15) is 18.0 Å². The number of carbonyl (C=O) groups excluding carboxylic acids is 1. The Balaban J connectivity index is 1.51. The maximum Gasteiger partial charge on any atom is 0.341 e. The minimum absolute atomic E-state index is 0.230. The number of fused-ring (bicyclic) bond motifs is 1. The first-order chi connectivity index (χ1) is 14.3. The van der Waals surface area contributed by atoms with Crippen LogP contribution in [0.25, 0.3) is 10.2 Å². The number of rotatable bonds is 8. The topological polar surface area (TPSA) is 96.4 Å². The number of carbonyl (C=O) groups is 1. The minimum Gasteiger partial charge on any atom is -0.459 e. The Morgan fingerprint density at radius 3 is 2.90 bits per heavy atom. The van der Waals surface area contributed by atoms with E-state index in [9.17, 15) is 14.3 Å². The van der Waals surface area contributed by atoms with E-state index in [4.69, 9.17) is 4.74 Å². The predicted octanol–water partition coefficient (Wildman–Crippen LogP) is 4.28. The molecule has 1 aromatic carbocycles. The smallest absolute Gasteiger partial charge is 0.341 e. The van der Waals surface area contributed by atoms with Gasteiger partial charge in [-0.25, -0.2) is 19.2 Å². The summed E-state index contributed by atoms with van der Waals surface area (Å²) in [5.41, 5.74) is 2.82. The number of anilines is 3. The molecule has 1 atom stereocenters. The molecule has 0 saturated heterocycles. The van der Waals surface area contributed by atoms with Crippen molar-refractivity contribution in [2.45, 2.75) is 44.5 Å². The van der Waals surface area contributed by atoms with E-state index in [1.807, 2.05) is 18.2 Å². The number of halogens is 1. The third-order valence-electron chi connectivity index (χ3n) is 4.79. The second-order valence-electron chi connectivity index (χ2n) is 7.91. The highest BCUT2D eigenvalue weighted by Gasteiger charge is 2.29. The molecule has 3 aromatic rings. The van der Waals surface area contributed by atoms with Gasteiger partial charge in [0.2, 0.25) is 0 Å². The molecule has 0 spiro atoms. The standard InChI is InChI=1S/C21H23FN4O3S/c1-21(2,28)18(22)10-29-20(27)14-9-23-19(8-16(14)25-12-3-4-12)26-13-5-6-15-17(7-13)30-11-24-15/h5-9,11-12,18,28H,3-4,10H2,1-2H3,(H2,23,25,26)/t18-/m1/s1. The Hall–Kier alpha value is -2.78. The van der Waals surface area contributed by atoms with Gasteiger partial charge in [-0.1, -0.05) is 0 Å². The fourth-order valence-corrected chi connectivity index (χ4v) is 3.48. The molecule has 1 fully saturated rings. The summed E-state index contributed by atoms with van der Waals surface area (Å²) in [6.07, 6.45) is 1.77. The van der Waals surface area contributed by atoms with Crippen molar-refractivity contribution in [2.24, 2.45) is 0 Å². The summed E-state index contributed by atoms with van der Waals surface area (Å²) in [6, 6.07) is 7.88. The van der Waals surface area contributed by atoms with Crippen LogP contribution in [0, 0.1) is 0 Å². The lowest BCUT2D eigenvalue weighted by Crippen LogP contribution is -2.36. The molecule has 2 aromatic heterocycles. The first-order valence-corrected chi connectivity index (χ1v) is 10.6. The predicted molar refractivity (Wildman–Crippen MR) is 115 cm³/mol. The number of esters is 1. The van der Waals surface area contributed by atoms with Gasteiger partial charge in [-0.15, -0.1) is 11.3 Å². The number of nitrogens with zero attached hydrogens (tertiary/aromatic N) is 2. The molecule has 7 nitrogen and oxygen atoms in total. The first-order valence-electron chi connectivity index (χ1n) is 9.70. The van der Waals surface area contributed by atoms with E-state index in [1.165, 1.54) is 20.0 Å². The molecule has 4 rings (SSSR count). The van der Waals surface area contributed by atoms with Gasteiger partial charge in [0.25, 0.3) is 0 Å². The molecule has 9 heteroatoms. The Kier molecular flexibility index (Phi) is 5.57. The molecule has 3 N–H and O–H groups in total. The van der Waals surface area contributed by atoms with E-state index >= 15 is 0 Å². The Morgan fingerprint density at radius 2 is 2.17 bits per heavy atom. The van der Waals surface area contributed by atoms with Crippen molar-refractivity contribution in [3.63, 3.8) is 0 Å². The molecule has 0 bridgehead atoms. The van der Waals surface area contributed by atoms with Crippen molar-refractivity contribution in [3.8, 4) is 0 Å². The Morgan fingerprint density at radius 1 is 1.37 bits per heavy atom. The number of thiazole rings is 1. The number of benzene rings is 1. The molecule has 158 valence electrons. The van der Waals surface area contributed by atoms with Gasteiger partial charge in [0.15, 0.2) is 6.17 Å². The SMILES string of the molecule is CC(C)(O)[C@H](F)COC(=O)c1cnc(Nc2ccc3ncsc3c2)cc1NC1CC1. The van der Waals surface area contributed by atoms with Gasteiger partial charge in [-0.05, 0) is 44.9 Å². The summed E-state index contributed by atoms with van der Waals surface area (Å²) >= 11 is 1.55. The van der Waals surface area contributed by atoms with Crippen molar-refractivity contribution in [1.29, 1.82) is 0 Å². The third-order valence-corrected chi connectivity index (χ3v) is 5.58. The molecule has 0 radical (unpaired) electrons. The summed E-state index contributed by atoms with van der Waals surface area (Å²) in [5.74, 6) is -0.117. The lowest BCUT2D eigenvalue weighted by Gasteiger charge is -2.22. The monoisotopic (exact) mass is 430 g/mol. The number of aromatic nitrogens is 2. The van der Waals surface area contributed by atoms with Crippen LogP contribution in [-0.2, 0) is 4.74 Å². The lowest BCUT2D eigenvalue weighted by atomic mass is 10.0. The van der Waals surface area contributed by atoms with Crippen molar-refractivity contribution in [1.82, 2.24) is 9.97 Å². The summed E-state index contributed by atoms with van der Waals surface area (Å²) in [4.78, 5) is 21.1. The normalized spacial score (nSPS) is 15.1. The zero-order chi connectivity index (χ0) is 21.3. The van der Waals surface area contributed by atoms with Crippen LogP contribution in [0.2, 0.25) is 0 Å². The number of ether oxygens (including phenoxy) is 1. The van der Waals surface area contributed by atoms with Gasteiger partial charge < -0.3 is 20.5 Å². The Labute approximate surface area is 177 Å². The average molecular weight is 431 g/mol. The fraction of sp³-hybridized carbons (Fsp3) is 0.381. The van der Waals surface area contributed by atoms with E-state index in [0.29, 0.717) is 17.5 Å². The molecule has 0 unspecified atom stereocenters. The highest BCUT2D eigenvalue weighted by molar-refractivity contribution is 7.16. The van der Waals surface area contributed by atoms with Crippen LogP contribution < -0.4 is 10.6 Å². The van der Waals surface area contributed by atoms with Crippen LogP contribution in [0.5, 0.6) is 0 Å². The van der Waals surface area contributed by atoms with Crippen LogP contribution >= 0.6 is 11.3 Å². The average Bonchev–Trinajstić information content (AvgIpc) is 3.38. The number of hydrogen-bond acceptors (Lipinski definition) is 8. The highest BCUT2D eigenvalue weighted by Crippen LogP contribution is 2.30.